The summed E-state index contributed by atoms with van der Waals surface area (Å²) in [5.74, 6) is -0.822. The molecule has 0 atom stereocenters. The number of nitrogens with two attached hydrogens (primary N) is 1. The molecule has 0 saturated carbocycles. The normalized spacial score (nSPS) is 11.0. The van der Waals surface area contributed by atoms with Gasteiger partial charge in [0, 0.05) is 83.2 Å². The van der Waals surface area contributed by atoms with Crippen LogP contribution in [0.2, 0.25) is 0 Å². The van der Waals surface area contributed by atoms with E-state index in [9.17, 15) is 19.2 Å². The number of hydrogen-bond acceptors (Lipinski definition) is 7. The van der Waals surface area contributed by atoms with Gasteiger partial charge in [-0.15, -0.1) is 23.2 Å². The maximum Gasteiger partial charge on any atom is 0.291 e. The molecule has 0 fully saturated rings. The molecule has 4 heterocycles. The predicted molar refractivity (Wildman–Crippen MR) is 199 cm³/mol. The van der Waals surface area contributed by atoms with E-state index in [2.05, 4.69) is 31.2 Å². The molecule has 0 unspecified atom stereocenters. The van der Waals surface area contributed by atoms with Gasteiger partial charge in [-0.2, -0.15) is 0 Å². The van der Waals surface area contributed by atoms with Gasteiger partial charge >= 0.3 is 0 Å². The fraction of sp³-hybridized carbons (Fsp3) is 0.273. The summed E-state index contributed by atoms with van der Waals surface area (Å²) in [6, 6.07) is 10.2. The van der Waals surface area contributed by atoms with Crippen LogP contribution in [0.3, 0.4) is 0 Å². The summed E-state index contributed by atoms with van der Waals surface area (Å²) in [5.41, 5.74) is 9.50. The Hall–Kier alpha value is -5.74. The molecule has 0 aliphatic heterocycles. The smallest absolute Gasteiger partial charge is 0.291 e. The molecule has 1 aromatic carbocycles. The molecule has 268 valence electrons. The molecule has 4 aromatic heterocycles. The number of carbonyl (C=O) groups excluding carboxylic acids is 4. The monoisotopic (exact) mass is 736 g/mol. The number of carbonyl (C=O) groups is 4. The number of halogens is 2. The Morgan fingerprint density at radius 2 is 1.27 bits per heavy atom. The Morgan fingerprint density at radius 3 is 1.76 bits per heavy atom. The van der Waals surface area contributed by atoms with Gasteiger partial charge in [0.15, 0.2) is 5.82 Å². The number of anilines is 4. The van der Waals surface area contributed by atoms with Crippen molar-refractivity contribution in [2.24, 2.45) is 26.9 Å². The molecule has 0 spiro atoms. The lowest BCUT2D eigenvalue weighted by Gasteiger charge is -2.22. The standard InChI is InChI=1S/C33H38Cl2N12O4/c1-44-16-19(12-25(44)30(48)38-9-6-28(36)37)39-31(49)26-13-20(17-45(26)2)40-32(50)27-14-21(18-46(27)3)41-33(51)29-42-23-5-4-22(15-24(23)43-29)47(10-7-34)11-8-35/h4-5,12-18H,6-11H2,1-3H3,(H3,36,37)(H,38,48)(H,39,49)(H,40,50)(H,41,51)(H,42,43). The number of amidine groups is 1. The largest absolute Gasteiger partial charge is 0.388 e. The lowest BCUT2D eigenvalue weighted by atomic mass is 10.2. The molecule has 0 saturated heterocycles. The van der Waals surface area contributed by atoms with Gasteiger partial charge in [-0.1, -0.05) is 0 Å². The molecule has 0 aliphatic rings. The quantitative estimate of drug-likeness (QED) is 0.0481. The fourth-order valence-electron chi connectivity index (χ4n) is 5.43. The Labute approximate surface area is 302 Å². The zero-order valence-electron chi connectivity index (χ0n) is 28.1. The summed E-state index contributed by atoms with van der Waals surface area (Å²) >= 11 is 11.9. The fourth-order valence-corrected chi connectivity index (χ4v) is 5.84. The molecule has 0 aliphatic carbocycles. The van der Waals surface area contributed by atoms with Gasteiger partial charge < -0.3 is 50.6 Å². The van der Waals surface area contributed by atoms with Crippen LogP contribution in [-0.4, -0.2) is 84.5 Å². The number of aromatic amines is 1. The topological polar surface area (TPSA) is 213 Å². The second kappa shape index (κ2) is 15.9. The van der Waals surface area contributed by atoms with Gasteiger partial charge in [0.1, 0.15) is 17.1 Å². The maximum atomic E-state index is 13.2. The van der Waals surface area contributed by atoms with Gasteiger partial charge in [0.2, 0.25) is 0 Å². The number of imidazole rings is 1. The molecule has 4 amide bonds. The van der Waals surface area contributed by atoms with Crippen molar-refractivity contribution in [3.05, 3.63) is 77.9 Å². The van der Waals surface area contributed by atoms with Crippen molar-refractivity contribution in [1.82, 2.24) is 29.0 Å². The van der Waals surface area contributed by atoms with Gasteiger partial charge in [-0.05, 0) is 36.4 Å². The average molecular weight is 738 g/mol. The van der Waals surface area contributed by atoms with Crippen LogP contribution in [0.1, 0.15) is 48.5 Å². The van der Waals surface area contributed by atoms with Crippen molar-refractivity contribution >= 4 is 86.4 Å². The molecule has 18 heteroatoms. The van der Waals surface area contributed by atoms with Crippen LogP contribution >= 0.6 is 23.2 Å². The minimum absolute atomic E-state index is 0.0325. The summed E-state index contributed by atoms with van der Waals surface area (Å²) in [7, 11) is 5.00. The van der Waals surface area contributed by atoms with Crippen LogP contribution in [-0.2, 0) is 21.1 Å². The van der Waals surface area contributed by atoms with E-state index in [0.717, 1.165) is 5.69 Å². The zero-order chi connectivity index (χ0) is 36.8. The highest BCUT2D eigenvalue weighted by atomic mass is 35.5. The highest BCUT2D eigenvalue weighted by Gasteiger charge is 2.20. The highest BCUT2D eigenvalue weighted by Crippen LogP contribution is 2.23. The number of nitrogens with zero attached hydrogens (tertiary/aromatic N) is 5. The minimum atomic E-state index is -0.485. The zero-order valence-corrected chi connectivity index (χ0v) is 29.7. The van der Waals surface area contributed by atoms with Crippen molar-refractivity contribution in [3.63, 3.8) is 0 Å². The van der Waals surface area contributed by atoms with Crippen molar-refractivity contribution < 1.29 is 19.2 Å². The van der Waals surface area contributed by atoms with Gasteiger partial charge in [0.05, 0.1) is 33.9 Å². The molecule has 8 N–H and O–H groups in total. The van der Waals surface area contributed by atoms with E-state index in [1.807, 2.05) is 23.1 Å². The lowest BCUT2D eigenvalue weighted by Crippen LogP contribution is -2.28. The first-order valence-corrected chi connectivity index (χ1v) is 16.8. The molecule has 0 bridgehead atoms. The number of amides is 4. The van der Waals surface area contributed by atoms with E-state index < -0.39 is 17.7 Å². The summed E-state index contributed by atoms with van der Waals surface area (Å²) in [6.45, 7) is 1.46. The summed E-state index contributed by atoms with van der Waals surface area (Å²) in [4.78, 5) is 61.5. The number of fused-ring (bicyclic) bond motifs is 1. The Morgan fingerprint density at radius 1 is 0.784 bits per heavy atom. The summed E-state index contributed by atoms with van der Waals surface area (Å²) in [5, 5.41) is 18.3. The molecule has 51 heavy (non-hydrogen) atoms. The number of alkyl halides is 2. The second-order valence-electron chi connectivity index (χ2n) is 11.7. The number of rotatable bonds is 15. The average Bonchev–Trinajstić information content (AvgIpc) is 3.85. The minimum Gasteiger partial charge on any atom is -0.388 e. The first-order valence-electron chi connectivity index (χ1n) is 15.8. The molecule has 16 nitrogen and oxygen atoms in total. The third kappa shape index (κ3) is 8.71. The van der Waals surface area contributed by atoms with Crippen LogP contribution in [0, 0.1) is 5.41 Å². The van der Waals surface area contributed by atoms with E-state index in [1.54, 1.807) is 53.4 Å². The van der Waals surface area contributed by atoms with Crippen LogP contribution in [0.15, 0.2) is 55.0 Å². The summed E-state index contributed by atoms with van der Waals surface area (Å²) in [6.07, 6.45) is 5.02. The van der Waals surface area contributed by atoms with E-state index >= 15 is 0 Å². The van der Waals surface area contributed by atoms with Crippen LogP contribution in [0.4, 0.5) is 22.7 Å². The third-order valence-corrected chi connectivity index (χ3v) is 8.26. The number of H-pyrrole nitrogens is 1. The number of hydrogen-bond donors (Lipinski definition) is 7. The molecule has 0 radical (unpaired) electrons. The van der Waals surface area contributed by atoms with Crippen molar-refractivity contribution in [3.8, 4) is 0 Å². The SMILES string of the molecule is Cn1cc(NC(=O)c2cc(NC(=O)c3cc(NC(=O)c4nc5ccc(N(CCCl)CCCl)cc5[nH]4)cn3C)cn2C)cc1C(=O)NCCC(=N)N. The number of benzene rings is 1. The van der Waals surface area contributed by atoms with Gasteiger partial charge in [-0.3, -0.25) is 24.6 Å². The van der Waals surface area contributed by atoms with Crippen molar-refractivity contribution in [2.45, 2.75) is 6.42 Å². The predicted octanol–water partition coefficient (Wildman–Crippen LogP) is 3.68. The van der Waals surface area contributed by atoms with Crippen molar-refractivity contribution in [2.75, 3.05) is 52.2 Å². The van der Waals surface area contributed by atoms with E-state index in [0.29, 0.717) is 58.6 Å². The van der Waals surface area contributed by atoms with Crippen LogP contribution < -0.4 is 31.9 Å². The van der Waals surface area contributed by atoms with E-state index in [-0.39, 0.29) is 41.9 Å². The van der Waals surface area contributed by atoms with Crippen LogP contribution in [0.25, 0.3) is 11.0 Å². The molecular weight excluding hydrogens is 699 g/mol. The maximum absolute atomic E-state index is 13.2. The lowest BCUT2D eigenvalue weighted by molar-refractivity contribution is 0.0944. The van der Waals surface area contributed by atoms with E-state index in [1.165, 1.54) is 18.2 Å². The Bertz CT molecular complexity index is 2100. The van der Waals surface area contributed by atoms with Crippen molar-refractivity contribution in [1.29, 1.82) is 5.41 Å². The molecule has 5 rings (SSSR count). The Balaban J connectivity index is 1.21. The van der Waals surface area contributed by atoms with E-state index in [4.69, 9.17) is 34.3 Å². The highest BCUT2D eigenvalue weighted by molar-refractivity contribution is 6.18. The number of aromatic nitrogens is 5. The summed E-state index contributed by atoms with van der Waals surface area (Å²) < 4.78 is 4.70. The second-order valence-corrected chi connectivity index (χ2v) is 12.5. The first-order chi connectivity index (χ1) is 24.4. The van der Waals surface area contributed by atoms with Crippen LogP contribution in [0.5, 0.6) is 0 Å². The van der Waals surface area contributed by atoms with Gasteiger partial charge in [0.25, 0.3) is 23.6 Å². The third-order valence-electron chi connectivity index (χ3n) is 7.92. The molecule has 5 aromatic rings. The number of nitrogens with one attached hydrogen (secondary N) is 6. The molecular formula is C33H38Cl2N12O4. The Kier molecular flexibility index (Phi) is 11.4. The first kappa shape index (κ1) is 36.5. The van der Waals surface area contributed by atoms with Gasteiger partial charge in [-0.25, -0.2) is 4.98 Å². The number of aryl methyl sites for hydroxylation is 3.